The quantitative estimate of drug-likeness (QED) is 0.732. The minimum atomic E-state index is -3.08. The molecule has 0 amide bonds. The molecule has 0 spiro atoms. The van der Waals surface area contributed by atoms with E-state index in [9.17, 15) is 8.42 Å². The van der Waals surface area contributed by atoms with Crippen molar-refractivity contribution in [2.75, 3.05) is 25.9 Å². The normalized spacial score (nSPS) is 21.3. The summed E-state index contributed by atoms with van der Waals surface area (Å²) in [5.74, 6) is 0.170. The van der Waals surface area contributed by atoms with E-state index in [0.29, 0.717) is 6.42 Å². The van der Waals surface area contributed by atoms with E-state index in [2.05, 4.69) is 11.9 Å². The van der Waals surface area contributed by atoms with Crippen molar-refractivity contribution in [3.8, 4) is 0 Å². The summed E-state index contributed by atoms with van der Waals surface area (Å²) in [6, 6.07) is 0.129. The highest BCUT2D eigenvalue weighted by Crippen LogP contribution is 2.11. The van der Waals surface area contributed by atoms with Crippen molar-refractivity contribution in [2.45, 2.75) is 18.9 Å². The van der Waals surface area contributed by atoms with Gasteiger partial charge in [-0.05, 0) is 19.4 Å². The van der Waals surface area contributed by atoms with Gasteiger partial charge in [0.15, 0.2) is 0 Å². The first-order valence-corrected chi connectivity index (χ1v) is 6.46. The highest BCUT2D eigenvalue weighted by Gasteiger charge is 2.27. The van der Waals surface area contributed by atoms with Gasteiger partial charge in [0.05, 0.1) is 5.75 Å². The Kier molecular flexibility index (Phi) is 6.43. The zero-order valence-corrected chi connectivity index (χ0v) is 10.6. The lowest BCUT2D eigenvalue weighted by Gasteiger charge is -2.22. The van der Waals surface area contributed by atoms with E-state index in [1.165, 1.54) is 4.31 Å². The summed E-state index contributed by atoms with van der Waals surface area (Å²) < 4.78 is 25.0. The molecular formula is C9H19ClN2O2S. The number of nitrogens with zero attached hydrogens (tertiary/aromatic N) is 1. The Labute approximate surface area is 98.2 Å². The van der Waals surface area contributed by atoms with Crippen LogP contribution in [0.2, 0.25) is 0 Å². The van der Waals surface area contributed by atoms with Crippen LogP contribution in [0.1, 0.15) is 12.8 Å². The Bertz CT molecular complexity index is 286. The Morgan fingerprint density at radius 1 is 1.60 bits per heavy atom. The number of hydrogen-bond acceptors (Lipinski definition) is 3. The van der Waals surface area contributed by atoms with Crippen LogP contribution in [0.3, 0.4) is 0 Å². The molecule has 1 aliphatic rings. The smallest absolute Gasteiger partial charge is 0.214 e. The molecule has 0 aromatic rings. The summed E-state index contributed by atoms with van der Waals surface area (Å²) in [6.07, 6.45) is 3.06. The summed E-state index contributed by atoms with van der Waals surface area (Å²) in [5.41, 5.74) is 0. The van der Waals surface area contributed by atoms with E-state index in [-0.39, 0.29) is 24.2 Å². The maximum Gasteiger partial charge on any atom is 0.214 e. The molecule has 6 heteroatoms. The highest BCUT2D eigenvalue weighted by atomic mass is 35.5. The third-order valence-electron chi connectivity index (χ3n) is 2.57. The van der Waals surface area contributed by atoms with Crippen LogP contribution in [-0.2, 0) is 10.0 Å². The Balaban J connectivity index is 0.00000196. The van der Waals surface area contributed by atoms with E-state index in [4.69, 9.17) is 0 Å². The SMILES string of the molecule is C=CCCS(=O)(=O)N(C)C1CCNC1.Cl. The summed E-state index contributed by atoms with van der Waals surface area (Å²) in [6.45, 7) is 5.20. The predicted molar refractivity (Wildman–Crippen MR) is 64.9 cm³/mol. The van der Waals surface area contributed by atoms with E-state index in [1.54, 1.807) is 13.1 Å². The van der Waals surface area contributed by atoms with Gasteiger partial charge in [-0.15, -0.1) is 19.0 Å². The van der Waals surface area contributed by atoms with Crippen LogP contribution < -0.4 is 5.32 Å². The second-order valence-electron chi connectivity index (χ2n) is 3.56. The van der Waals surface area contributed by atoms with Crippen LogP contribution in [0.25, 0.3) is 0 Å². The summed E-state index contributed by atoms with van der Waals surface area (Å²) in [4.78, 5) is 0. The molecule has 1 aliphatic heterocycles. The summed E-state index contributed by atoms with van der Waals surface area (Å²) in [7, 11) is -1.42. The van der Waals surface area contributed by atoms with Gasteiger partial charge in [0.2, 0.25) is 10.0 Å². The Morgan fingerprint density at radius 2 is 2.27 bits per heavy atom. The van der Waals surface area contributed by atoms with E-state index < -0.39 is 10.0 Å². The van der Waals surface area contributed by atoms with Gasteiger partial charge in [-0.25, -0.2) is 12.7 Å². The molecule has 0 aliphatic carbocycles. The molecule has 4 nitrogen and oxygen atoms in total. The van der Waals surface area contributed by atoms with Gasteiger partial charge in [0, 0.05) is 19.6 Å². The number of likely N-dealkylation sites (N-methyl/N-ethyl adjacent to an activating group) is 1. The fourth-order valence-corrected chi connectivity index (χ4v) is 2.94. The van der Waals surface area contributed by atoms with E-state index in [1.807, 2.05) is 0 Å². The largest absolute Gasteiger partial charge is 0.315 e. The van der Waals surface area contributed by atoms with Crippen LogP contribution in [0.4, 0.5) is 0 Å². The molecule has 1 fully saturated rings. The molecule has 1 saturated heterocycles. The van der Waals surface area contributed by atoms with Gasteiger partial charge in [0.1, 0.15) is 0 Å². The fourth-order valence-electron chi connectivity index (χ4n) is 1.55. The topological polar surface area (TPSA) is 49.4 Å². The number of sulfonamides is 1. The van der Waals surface area contributed by atoms with Gasteiger partial charge in [-0.2, -0.15) is 0 Å². The molecule has 1 heterocycles. The lowest BCUT2D eigenvalue weighted by Crippen LogP contribution is -2.39. The van der Waals surface area contributed by atoms with Gasteiger partial charge in [0.25, 0.3) is 0 Å². The number of allylic oxidation sites excluding steroid dienone is 1. The van der Waals surface area contributed by atoms with Crippen LogP contribution in [-0.4, -0.2) is 44.7 Å². The van der Waals surface area contributed by atoms with Crippen LogP contribution in [0.15, 0.2) is 12.7 Å². The zero-order chi connectivity index (χ0) is 10.6. The molecule has 90 valence electrons. The Morgan fingerprint density at radius 3 is 2.73 bits per heavy atom. The third-order valence-corrected chi connectivity index (χ3v) is 4.49. The van der Waals surface area contributed by atoms with Crippen molar-refractivity contribution in [3.63, 3.8) is 0 Å². The van der Waals surface area contributed by atoms with Crippen molar-refractivity contribution in [1.29, 1.82) is 0 Å². The molecule has 1 N–H and O–H groups in total. The molecule has 0 saturated carbocycles. The lowest BCUT2D eigenvalue weighted by atomic mass is 10.3. The average molecular weight is 255 g/mol. The van der Waals surface area contributed by atoms with E-state index >= 15 is 0 Å². The number of hydrogen-bond donors (Lipinski definition) is 1. The summed E-state index contributed by atoms with van der Waals surface area (Å²) in [5, 5.41) is 3.16. The Hall–Kier alpha value is -0.100. The maximum atomic E-state index is 11.7. The van der Waals surface area contributed by atoms with Gasteiger partial charge in [-0.3, -0.25) is 0 Å². The van der Waals surface area contributed by atoms with Gasteiger partial charge in [-0.1, -0.05) is 6.08 Å². The molecule has 1 unspecified atom stereocenters. The number of nitrogens with one attached hydrogen (secondary N) is 1. The van der Waals surface area contributed by atoms with Crippen LogP contribution >= 0.6 is 12.4 Å². The first kappa shape index (κ1) is 14.9. The molecule has 0 bridgehead atoms. The summed E-state index contributed by atoms with van der Waals surface area (Å²) >= 11 is 0. The predicted octanol–water partition coefficient (Wildman–Crippen LogP) is 0.608. The molecule has 1 rings (SSSR count). The second kappa shape index (κ2) is 6.48. The average Bonchev–Trinajstić information content (AvgIpc) is 2.66. The number of rotatable bonds is 5. The molecular weight excluding hydrogens is 236 g/mol. The number of halogens is 1. The molecule has 0 aromatic carbocycles. The molecule has 0 aromatic heterocycles. The molecule has 1 atom stereocenters. The van der Waals surface area contributed by atoms with Gasteiger partial charge >= 0.3 is 0 Å². The third kappa shape index (κ3) is 4.10. The monoisotopic (exact) mass is 254 g/mol. The fraction of sp³-hybridized carbons (Fsp3) is 0.778. The second-order valence-corrected chi connectivity index (χ2v) is 5.70. The minimum absolute atomic E-state index is 0. The molecule has 0 radical (unpaired) electrons. The standard InChI is InChI=1S/C9H18N2O2S.ClH/c1-3-4-7-14(12,13)11(2)9-5-6-10-8-9;/h3,9-10H,1,4-8H2,2H3;1H. The van der Waals surface area contributed by atoms with Crippen LogP contribution in [0.5, 0.6) is 0 Å². The van der Waals surface area contributed by atoms with Crippen molar-refractivity contribution >= 4 is 22.4 Å². The van der Waals surface area contributed by atoms with Gasteiger partial charge < -0.3 is 5.32 Å². The van der Waals surface area contributed by atoms with Crippen molar-refractivity contribution in [3.05, 3.63) is 12.7 Å². The zero-order valence-electron chi connectivity index (χ0n) is 8.98. The lowest BCUT2D eigenvalue weighted by molar-refractivity contribution is 0.388. The first-order valence-electron chi connectivity index (χ1n) is 4.85. The van der Waals surface area contributed by atoms with Crippen LogP contribution in [0, 0.1) is 0 Å². The van der Waals surface area contributed by atoms with Crippen molar-refractivity contribution in [1.82, 2.24) is 9.62 Å². The highest BCUT2D eigenvalue weighted by molar-refractivity contribution is 7.89. The maximum absolute atomic E-state index is 11.7. The van der Waals surface area contributed by atoms with E-state index in [0.717, 1.165) is 19.5 Å². The van der Waals surface area contributed by atoms with Crippen molar-refractivity contribution in [2.24, 2.45) is 0 Å². The van der Waals surface area contributed by atoms with Crippen molar-refractivity contribution < 1.29 is 8.42 Å². The first-order chi connectivity index (χ1) is 6.58. The minimum Gasteiger partial charge on any atom is -0.315 e. The molecule has 15 heavy (non-hydrogen) atoms.